The fourth-order valence-corrected chi connectivity index (χ4v) is 3.33. The van der Waals surface area contributed by atoms with Crippen LogP contribution < -0.4 is 10.5 Å². The van der Waals surface area contributed by atoms with E-state index in [2.05, 4.69) is 6.92 Å². The van der Waals surface area contributed by atoms with Gasteiger partial charge < -0.3 is 10.5 Å². The van der Waals surface area contributed by atoms with Crippen LogP contribution in [0.4, 0.5) is 5.69 Å². The summed E-state index contributed by atoms with van der Waals surface area (Å²) in [4.78, 5) is 10.6. The molecule has 5 heteroatoms. The van der Waals surface area contributed by atoms with E-state index in [1.807, 2.05) is 0 Å². The highest BCUT2D eigenvalue weighted by Gasteiger charge is 2.37. The Balaban J connectivity index is 2.31. The second-order valence-corrected chi connectivity index (χ2v) is 5.98. The van der Waals surface area contributed by atoms with E-state index in [9.17, 15) is 10.1 Å². The van der Waals surface area contributed by atoms with Gasteiger partial charge >= 0.3 is 0 Å². The van der Waals surface area contributed by atoms with Crippen molar-refractivity contribution in [2.24, 2.45) is 17.1 Å². The predicted octanol–water partition coefficient (Wildman–Crippen LogP) is 2.91. The third-order valence-corrected chi connectivity index (χ3v) is 4.42. The molecule has 1 aromatic carbocycles. The number of methoxy groups -OCH3 is 1. The molecule has 2 rings (SSSR count). The first kappa shape index (κ1) is 14.8. The summed E-state index contributed by atoms with van der Waals surface area (Å²) >= 11 is 0. The second-order valence-electron chi connectivity index (χ2n) is 5.98. The fraction of sp³-hybridized carbons (Fsp3) is 0.600. The van der Waals surface area contributed by atoms with Gasteiger partial charge in [-0.2, -0.15) is 0 Å². The van der Waals surface area contributed by atoms with Gasteiger partial charge in [-0.3, -0.25) is 10.1 Å². The van der Waals surface area contributed by atoms with Crippen molar-refractivity contribution in [2.75, 3.05) is 13.7 Å². The van der Waals surface area contributed by atoms with Crippen molar-refractivity contribution in [1.29, 1.82) is 0 Å². The molecular formula is C15H22N2O3. The Hall–Kier alpha value is -1.62. The molecule has 110 valence electrons. The van der Waals surface area contributed by atoms with Gasteiger partial charge in [-0.05, 0) is 43.2 Å². The molecule has 0 bridgehead atoms. The molecule has 1 aliphatic rings. The first-order valence-corrected chi connectivity index (χ1v) is 7.01. The van der Waals surface area contributed by atoms with Crippen molar-refractivity contribution in [3.05, 3.63) is 33.9 Å². The molecule has 2 N–H and O–H groups in total. The summed E-state index contributed by atoms with van der Waals surface area (Å²) in [6, 6.07) is 4.78. The van der Waals surface area contributed by atoms with Crippen LogP contribution in [0.2, 0.25) is 0 Å². The maximum Gasteiger partial charge on any atom is 0.269 e. The first-order valence-electron chi connectivity index (χ1n) is 7.01. The summed E-state index contributed by atoms with van der Waals surface area (Å²) in [5.74, 6) is 1.38. The molecule has 2 atom stereocenters. The average Bonchev–Trinajstić information content (AvgIpc) is 2.80. The lowest BCUT2D eigenvalue weighted by Gasteiger charge is -2.28. The van der Waals surface area contributed by atoms with Crippen LogP contribution in [0.3, 0.4) is 0 Å². The molecule has 0 radical (unpaired) electrons. The zero-order valence-electron chi connectivity index (χ0n) is 12.1. The van der Waals surface area contributed by atoms with E-state index in [0.717, 1.165) is 24.8 Å². The molecule has 0 amide bonds. The van der Waals surface area contributed by atoms with Crippen molar-refractivity contribution in [3.63, 3.8) is 0 Å². The fourth-order valence-electron chi connectivity index (χ4n) is 3.33. The molecule has 1 aromatic rings. The smallest absolute Gasteiger partial charge is 0.269 e. The number of rotatable bonds is 5. The van der Waals surface area contributed by atoms with Crippen LogP contribution in [0.25, 0.3) is 0 Å². The molecule has 0 spiro atoms. The molecule has 0 saturated heterocycles. The highest BCUT2D eigenvalue weighted by molar-refractivity contribution is 5.44. The van der Waals surface area contributed by atoms with Crippen LogP contribution in [-0.2, 0) is 6.42 Å². The number of nitrogens with two attached hydrogens (primary N) is 1. The first-order chi connectivity index (χ1) is 9.49. The number of non-ortho nitro benzene ring substituents is 1. The SMILES string of the molecule is COc1ccc([N+](=O)[O-])cc1CC1(CN)CCC(C)C1. The van der Waals surface area contributed by atoms with E-state index in [1.54, 1.807) is 19.2 Å². The number of nitro groups is 1. The van der Waals surface area contributed by atoms with E-state index >= 15 is 0 Å². The van der Waals surface area contributed by atoms with Gasteiger partial charge in [0.2, 0.25) is 0 Å². The normalized spacial score (nSPS) is 25.6. The average molecular weight is 278 g/mol. The Bertz CT molecular complexity index is 504. The summed E-state index contributed by atoms with van der Waals surface area (Å²) in [6.45, 7) is 2.85. The molecule has 0 aliphatic heterocycles. The van der Waals surface area contributed by atoms with Gasteiger partial charge in [-0.15, -0.1) is 0 Å². The number of hydrogen-bond acceptors (Lipinski definition) is 4. The third kappa shape index (κ3) is 2.93. The zero-order chi connectivity index (χ0) is 14.8. The zero-order valence-corrected chi connectivity index (χ0v) is 12.1. The molecule has 1 fully saturated rings. The Labute approximate surface area is 119 Å². The maximum absolute atomic E-state index is 10.9. The molecule has 0 aromatic heterocycles. The Kier molecular flexibility index (Phi) is 4.28. The number of benzene rings is 1. The standard InChI is InChI=1S/C15H22N2O3/c1-11-5-6-15(8-11,10-16)9-12-7-13(17(18)19)3-4-14(12)20-2/h3-4,7,11H,5-6,8-10,16H2,1-2H3. The van der Waals surface area contributed by atoms with Crippen molar-refractivity contribution in [2.45, 2.75) is 32.6 Å². The largest absolute Gasteiger partial charge is 0.496 e. The van der Waals surface area contributed by atoms with E-state index in [4.69, 9.17) is 10.5 Å². The van der Waals surface area contributed by atoms with Gasteiger partial charge in [0.25, 0.3) is 5.69 Å². The molecule has 5 nitrogen and oxygen atoms in total. The van der Waals surface area contributed by atoms with Crippen LogP contribution in [0, 0.1) is 21.4 Å². The monoisotopic (exact) mass is 278 g/mol. The number of ether oxygens (including phenoxy) is 1. The summed E-state index contributed by atoms with van der Waals surface area (Å²) in [6.07, 6.45) is 4.08. The minimum atomic E-state index is -0.366. The topological polar surface area (TPSA) is 78.4 Å². The van der Waals surface area contributed by atoms with Gasteiger partial charge in [0, 0.05) is 17.7 Å². The van der Waals surface area contributed by atoms with Crippen molar-refractivity contribution >= 4 is 5.69 Å². The van der Waals surface area contributed by atoms with Gasteiger partial charge in [0.05, 0.1) is 12.0 Å². The minimum Gasteiger partial charge on any atom is -0.496 e. The molecule has 0 heterocycles. The Morgan fingerprint density at radius 2 is 2.30 bits per heavy atom. The van der Waals surface area contributed by atoms with E-state index in [-0.39, 0.29) is 16.0 Å². The Morgan fingerprint density at radius 1 is 1.55 bits per heavy atom. The van der Waals surface area contributed by atoms with Crippen molar-refractivity contribution in [1.82, 2.24) is 0 Å². The quantitative estimate of drug-likeness (QED) is 0.663. The molecule has 1 aliphatic carbocycles. The van der Waals surface area contributed by atoms with Gasteiger partial charge in [-0.25, -0.2) is 0 Å². The van der Waals surface area contributed by atoms with Crippen LogP contribution in [0.5, 0.6) is 5.75 Å². The van der Waals surface area contributed by atoms with Crippen LogP contribution >= 0.6 is 0 Å². The lowest BCUT2D eigenvalue weighted by Crippen LogP contribution is -2.30. The molecular weight excluding hydrogens is 256 g/mol. The van der Waals surface area contributed by atoms with E-state index in [0.29, 0.717) is 18.2 Å². The lowest BCUT2D eigenvalue weighted by molar-refractivity contribution is -0.384. The van der Waals surface area contributed by atoms with Crippen molar-refractivity contribution < 1.29 is 9.66 Å². The van der Waals surface area contributed by atoms with Crippen molar-refractivity contribution in [3.8, 4) is 5.75 Å². The highest BCUT2D eigenvalue weighted by Crippen LogP contribution is 2.44. The molecule has 2 unspecified atom stereocenters. The summed E-state index contributed by atoms with van der Waals surface area (Å²) < 4.78 is 5.34. The number of hydrogen-bond donors (Lipinski definition) is 1. The van der Waals surface area contributed by atoms with Gasteiger partial charge in [0.15, 0.2) is 0 Å². The summed E-state index contributed by atoms with van der Waals surface area (Å²) in [5, 5.41) is 10.9. The number of nitrogens with zero attached hydrogens (tertiary/aromatic N) is 1. The van der Waals surface area contributed by atoms with Gasteiger partial charge in [-0.1, -0.05) is 13.3 Å². The second kappa shape index (κ2) is 5.79. The maximum atomic E-state index is 10.9. The summed E-state index contributed by atoms with van der Waals surface area (Å²) in [5.41, 5.74) is 7.05. The predicted molar refractivity (Wildman–Crippen MR) is 77.9 cm³/mol. The molecule has 20 heavy (non-hydrogen) atoms. The van der Waals surface area contributed by atoms with Crippen LogP contribution in [-0.4, -0.2) is 18.6 Å². The number of nitro benzene ring substituents is 1. The van der Waals surface area contributed by atoms with E-state index < -0.39 is 0 Å². The van der Waals surface area contributed by atoms with Crippen LogP contribution in [0.1, 0.15) is 31.7 Å². The lowest BCUT2D eigenvalue weighted by atomic mass is 9.79. The highest BCUT2D eigenvalue weighted by atomic mass is 16.6. The summed E-state index contributed by atoms with van der Waals surface area (Å²) in [7, 11) is 1.59. The van der Waals surface area contributed by atoms with E-state index in [1.165, 1.54) is 12.5 Å². The third-order valence-electron chi connectivity index (χ3n) is 4.42. The minimum absolute atomic E-state index is 0.0575. The van der Waals surface area contributed by atoms with Crippen LogP contribution in [0.15, 0.2) is 18.2 Å². The molecule has 1 saturated carbocycles. The van der Waals surface area contributed by atoms with Gasteiger partial charge in [0.1, 0.15) is 5.75 Å². The Morgan fingerprint density at radius 3 is 2.80 bits per heavy atom.